The Kier molecular flexibility index (Phi) is 3.09. The van der Waals surface area contributed by atoms with E-state index in [1.165, 1.54) is 12.1 Å². The molecule has 7 nitrogen and oxygen atoms in total. The van der Waals surface area contributed by atoms with E-state index in [0.29, 0.717) is 17.1 Å². The van der Waals surface area contributed by atoms with Crippen LogP contribution in [-0.4, -0.2) is 29.2 Å². The molecule has 21 heavy (non-hydrogen) atoms. The highest BCUT2D eigenvalue weighted by atomic mass is 16.6. The number of oxazole rings is 1. The number of benzene rings is 1. The van der Waals surface area contributed by atoms with Gasteiger partial charge in [-0.15, -0.1) is 0 Å². The van der Waals surface area contributed by atoms with Gasteiger partial charge in [0.1, 0.15) is 5.52 Å². The Hall–Kier alpha value is -2.15. The molecule has 0 saturated heterocycles. The molecule has 3 rings (SSSR count). The summed E-state index contributed by atoms with van der Waals surface area (Å²) in [6, 6.07) is 4.97. The molecule has 0 bridgehead atoms. The lowest BCUT2D eigenvalue weighted by Gasteiger charge is -2.50. The van der Waals surface area contributed by atoms with Crippen molar-refractivity contribution in [1.82, 2.24) is 4.98 Å². The van der Waals surface area contributed by atoms with Crippen LogP contribution >= 0.6 is 0 Å². The van der Waals surface area contributed by atoms with Crippen molar-refractivity contribution in [3.63, 3.8) is 0 Å². The molecule has 2 atom stereocenters. The number of hydrogen-bond acceptors (Lipinski definition) is 6. The number of aromatic nitrogens is 1. The van der Waals surface area contributed by atoms with E-state index in [-0.39, 0.29) is 23.2 Å². The molecular formula is C14H17N3O4. The lowest BCUT2D eigenvalue weighted by atomic mass is 9.64. The molecule has 1 N–H and O–H groups in total. The van der Waals surface area contributed by atoms with Crippen molar-refractivity contribution in [3.05, 3.63) is 28.3 Å². The van der Waals surface area contributed by atoms with Crippen molar-refractivity contribution in [2.75, 3.05) is 12.4 Å². The molecule has 1 aliphatic rings. The highest BCUT2D eigenvalue weighted by Crippen LogP contribution is 2.44. The van der Waals surface area contributed by atoms with Gasteiger partial charge in [0.25, 0.3) is 11.7 Å². The van der Waals surface area contributed by atoms with Gasteiger partial charge in [0.15, 0.2) is 5.58 Å². The van der Waals surface area contributed by atoms with E-state index < -0.39 is 4.92 Å². The summed E-state index contributed by atoms with van der Waals surface area (Å²) < 4.78 is 11.0. The van der Waals surface area contributed by atoms with Crippen LogP contribution in [0.25, 0.3) is 11.1 Å². The zero-order chi connectivity index (χ0) is 15.2. The smallest absolute Gasteiger partial charge is 0.295 e. The van der Waals surface area contributed by atoms with Crippen molar-refractivity contribution in [1.29, 1.82) is 0 Å². The van der Waals surface area contributed by atoms with Gasteiger partial charge in [-0.3, -0.25) is 10.1 Å². The maximum absolute atomic E-state index is 10.8. The van der Waals surface area contributed by atoms with E-state index in [2.05, 4.69) is 24.1 Å². The van der Waals surface area contributed by atoms with Crippen molar-refractivity contribution < 1.29 is 14.1 Å². The largest absolute Gasteiger partial charge is 0.424 e. The van der Waals surface area contributed by atoms with Crippen LogP contribution in [0.15, 0.2) is 22.6 Å². The molecule has 0 amide bonds. The molecule has 7 heteroatoms. The van der Waals surface area contributed by atoms with E-state index in [4.69, 9.17) is 9.15 Å². The van der Waals surface area contributed by atoms with E-state index in [0.717, 1.165) is 6.42 Å². The Labute approximate surface area is 121 Å². The molecule has 1 saturated carbocycles. The van der Waals surface area contributed by atoms with E-state index in [9.17, 15) is 10.1 Å². The molecule has 1 aromatic heterocycles. The fourth-order valence-corrected chi connectivity index (χ4v) is 2.77. The number of fused-ring (bicyclic) bond motifs is 1. The molecule has 1 heterocycles. The van der Waals surface area contributed by atoms with Crippen molar-refractivity contribution in [3.8, 4) is 0 Å². The van der Waals surface area contributed by atoms with Gasteiger partial charge < -0.3 is 14.5 Å². The van der Waals surface area contributed by atoms with Crippen LogP contribution in [0, 0.1) is 15.5 Å². The van der Waals surface area contributed by atoms with E-state index in [1.807, 2.05) is 0 Å². The molecule has 1 aromatic carbocycles. The minimum absolute atomic E-state index is 0.00534. The van der Waals surface area contributed by atoms with Gasteiger partial charge in [0.05, 0.1) is 11.0 Å². The van der Waals surface area contributed by atoms with Crippen molar-refractivity contribution in [2.45, 2.75) is 32.4 Å². The molecule has 2 aromatic rings. The third-order valence-corrected chi connectivity index (χ3v) is 4.34. The first-order valence-electron chi connectivity index (χ1n) is 6.76. The maximum Gasteiger partial charge on any atom is 0.295 e. The van der Waals surface area contributed by atoms with Gasteiger partial charge in [-0.1, -0.05) is 13.8 Å². The lowest BCUT2D eigenvalue weighted by Crippen LogP contribution is -2.57. The molecule has 2 unspecified atom stereocenters. The van der Waals surface area contributed by atoms with Crippen LogP contribution in [0.4, 0.5) is 11.7 Å². The second-order valence-corrected chi connectivity index (χ2v) is 5.91. The Morgan fingerprint density at radius 2 is 2.29 bits per heavy atom. The first-order chi connectivity index (χ1) is 9.91. The predicted octanol–water partition coefficient (Wildman–Crippen LogP) is 2.96. The zero-order valence-corrected chi connectivity index (χ0v) is 12.1. The van der Waals surface area contributed by atoms with Crippen LogP contribution in [0.5, 0.6) is 0 Å². The van der Waals surface area contributed by atoms with Crippen LogP contribution < -0.4 is 5.32 Å². The molecular weight excluding hydrogens is 274 g/mol. The van der Waals surface area contributed by atoms with Crippen molar-refractivity contribution >= 4 is 22.8 Å². The second-order valence-electron chi connectivity index (χ2n) is 5.91. The predicted molar refractivity (Wildman–Crippen MR) is 77.3 cm³/mol. The summed E-state index contributed by atoms with van der Waals surface area (Å²) in [5, 5.41) is 14.0. The molecule has 0 radical (unpaired) electrons. The lowest BCUT2D eigenvalue weighted by molar-refractivity contribution is -0.384. The summed E-state index contributed by atoms with van der Waals surface area (Å²) in [4.78, 5) is 14.6. The molecule has 1 fully saturated rings. The van der Waals surface area contributed by atoms with Crippen LogP contribution in [0.2, 0.25) is 0 Å². The van der Waals surface area contributed by atoms with Gasteiger partial charge in [-0.2, -0.15) is 4.98 Å². The average molecular weight is 291 g/mol. The average Bonchev–Trinajstić information content (AvgIpc) is 2.84. The summed E-state index contributed by atoms with van der Waals surface area (Å²) >= 11 is 0. The number of rotatable bonds is 4. The summed E-state index contributed by atoms with van der Waals surface area (Å²) in [5.41, 5.74) is 1.00. The third kappa shape index (κ3) is 2.23. The Bertz CT molecular complexity index is 695. The molecule has 0 aliphatic heterocycles. The zero-order valence-electron chi connectivity index (χ0n) is 12.1. The molecule has 1 aliphatic carbocycles. The van der Waals surface area contributed by atoms with Gasteiger partial charge in [0.2, 0.25) is 0 Å². The fourth-order valence-electron chi connectivity index (χ4n) is 2.77. The summed E-state index contributed by atoms with van der Waals surface area (Å²) in [6.07, 6.45) is 1.09. The van der Waals surface area contributed by atoms with Gasteiger partial charge in [-0.05, 0) is 12.5 Å². The molecule has 112 valence electrons. The highest BCUT2D eigenvalue weighted by Gasteiger charge is 2.49. The number of nitro benzene ring substituents is 1. The summed E-state index contributed by atoms with van der Waals surface area (Å²) in [5.74, 6) is 0. The van der Waals surface area contributed by atoms with Crippen molar-refractivity contribution in [2.24, 2.45) is 5.41 Å². The van der Waals surface area contributed by atoms with Crippen LogP contribution in [-0.2, 0) is 4.74 Å². The summed E-state index contributed by atoms with van der Waals surface area (Å²) in [6.45, 7) is 4.24. The fraction of sp³-hybridized carbons (Fsp3) is 0.500. The number of non-ortho nitro benzene ring substituents is 1. The van der Waals surface area contributed by atoms with Gasteiger partial charge >= 0.3 is 0 Å². The quantitative estimate of drug-likeness (QED) is 0.688. The number of hydrogen-bond donors (Lipinski definition) is 1. The Balaban J connectivity index is 1.81. The number of methoxy groups -OCH3 is 1. The topological polar surface area (TPSA) is 90.4 Å². The first-order valence-corrected chi connectivity index (χ1v) is 6.76. The van der Waals surface area contributed by atoms with Gasteiger partial charge in [-0.25, -0.2) is 0 Å². The Morgan fingerprint density at radius 3 is 2.90 bits per heavy atom. The highest BCUT2D eigenvalue weighted by molar-refractivity contribution is 5.77. The van der Waals surface area contributed by atoms with Gasteiger partial charge in [0, 0.05) is 30.7 Å². The molecule has 0 spiro atoms. The normalized spacial score (nSPS) is 23.8. The number of ether oxygens (including phenoxy) is 1. The van der Waals surface area contributed by atoms with Crippen LogP contribution in [0.1, 0.15) is 20.3 Å². The standard InChI is InChI=1S/C14H17N3O4/c1-14(2)11(7-12(14)20-3)16-13-15-9-6-8(17(18)19)4-5-10(9)21-13/h4-6,11-12H,7H2,1-3H3,(H,15,16). The van der Waals surface area contributed by atoms with Crippen LogP contribution in [0.3, 0.4) is 0 Å². The Morgan fingerprint density at radius 1 is 1.52 bits per heavy atom. The minimum atomic E-state index is -0.445. The maximum atomic E-state index is 10.8. The second kappa shape index (κ2) is 4.70. The number of nitrogens with one attached hydrogen (secondary N) is 1. The monoisotopic (exact) mass is 291 g/mol. The number of nitrogens with zero attached hydrogens (tertiary/aromatic N) is 2. The SMILES string of the molecule is COC1CC(Nc2nc3cc([N+](=O)[O-])ccc3o2)C1(C)C. The summed E-state index contributed by atoms with van der Waals surface area (Å²) in [7, 11) is 1.71. The van der Waals surface area contributed by atoms with E-state index >= 15 is 0 Å². The first kappa shape index (κ1) is 13.8. The third-order valence-electron chi connectivity index (χ3n) is 4.34. The number of nitro groups is 1. The minimum Gasteiger partial charge on any atom is -0.424 e. The number of anilines is 1. The van der Waals surface area contributed by atoms with E-state index in [1.54, 1.807) is 13.2 Å².